The summed E-state index contributed by atoms with van der Waals surface area (Å²) in [4.78, 5) is 19.9. The molecule has 0 saturated carbocycles. The molecule has 2 aromatic carbocycles. The Hall–Kier alpha value is -2.43. The minimum atomic E-state index is -0.441. The van der Waals surface area contributed by atoms with Crippen molar-refractivity contribution in [1.82, 2.24) is 15.5 Å². The summed E-state index contributed by atoms with van der Waals surface area (Å²) < 4.78 is 27.5. The van der Waals surface area contributed by atoms with Gasteiger partial charge in [0, 0.05) is 58.4 Å². The van der Waals surface area contributed by atoms with Gasteiger partial charge in [-0.25, -0.2) is 8.78 Å². The van der Waals surface area contributed by atoms with Crippen molar-refractivity contribution in [3.63, 3.8) is 0 Å². The maximum Gasteiger partial charge on any atom is 0.251 e. The Morgan fingerprint density at radius 2 is 1.73 bits per heavy atom. The summed E-state index contributed by atoms with van der Waals surface area (Å²) in [6.07, 6.45) is 0. The summed E-state index contributed by atoms with van der Waals surface area (Å²) >= 11 is 0. The fourth-order valence-corrected chi connectivity index (χ4v) is 3.32. The summed E-state index contributed by atoms with van der Waals surface area (Å²) in [5.74, 6) is -0.223. The zero-order valence-electron chi connectivity index (χ0n) is 17.0. The molecular formula is C21H26F2IN5O. The monoisotopic (exact) mass is 529 g/mol. The summed E-state index contributed by atoms with van der Waals surface area (Å²) in [5.41, 5.74) is 1.93. The Balaban J connectivity index is 0.00000320. The molecule has 1 heterocycles. The van der Waals surface area contributed by atoms with Gasteiger partial charge in [0.2, 0.25) is 0 Å². The first-order chi connectivity index (χ1) is 14.0. The number of anilines is 1. The molecule has 6 nitrogen and oxygen atoms in total. The lowest BCUT2D eigenvalue weighted by atomic mass is 10.1. The van der Waals surface area contributed by atoms with Crippen LogP contribution in [0.4, 0.5) is 14.5 Å². The van der Waals surface area contributed by atoms with Crippen molar-refractivity contribution in [2.45, 2.75) is 6.54 Å². The third-order valence-corrected chi connectivity index (χ3v) is 4.93. The molecule has 0 unspecified atom stereocenters. The number of nitrogens with one attached hydrogen (secondary N) is 2. The van der Waals surface area contributed by atoms with Gasteiger partial charge in [0.05, 0.1) is 5.69 Å². The van der Waals surface area contributed by atoms with E-state index in [1.54, 1.807) is 26.2 Å². The van der Waals surface area contributed by atoms with E-state index in [2.05, 4.69) is 20.5 Å². The van der Waals surface area contributed by atoms with E-state index in [0.29, 0.717) is 44.0 Å². The van der Waals surface area contributed by atoms with Gasteiger partial charge in [-0.05, 0) is 29.8 Å². The average molecular weight is 529 g/mol. The van der Waals surface area contributed by atoms with Gasteiger partial charge in [0.1, 0.15) is 11.6 Å². The molecule has 2 aromatic rings. The first kappa shape index (κ1) is 23.8. The van der Waals surface area contributed by atoms with E-state index in [4.69, 9.17) is 0 Å². The molecule has 2 N–H and O–H groups in total. The molecule has 9 heteroatoms. The van der Waals surface area contributed by atoms with E-state index < -0.39 is 11.6 Å². The van der Waals surface area contributed by atoms with Crippen LogP contribution < -0.4 is 15.5 Å². The molecule has 3 rings (SSSR count). The van der Waals surface area contributed by atoms with Gasteiger partial charge in [-0.1, -0.05) is 12.1 Å². The van der Waals surface area contributed by atoms with Crippen LogP contribution >= 0.6 is 24.0 Å². The maximum atomic E-state index is 14.0. The van der Waals surface area contributed by atoms with Gasteiger partial charge in [-0.3, -0.25) is 9.79 Å². The second-order valence-electron chi connectivity index (χ2n) is 6.75. The number of carbonyl (C=O) groups excluding carboxylic acids is 1. The van der Waals surface area contributed by atoms with Crippen molar-refractivity contribution >= 4 is 41.5 Å². The molecule has 1 aliphatic rings. The summed E-state index contributed by atoms with van der Waals surface area (Å²) in [6, 6.07) is 10.9. The third-order valence-electron chi connectivity index (χ3n) is 4.93. The quantitative estimate of drug-likeness (QED) is 0.364. The molecule has 0 spiro atoms. The van der Waals surface area contributed by atoms with Crippen molar-refractivity contribution in [3.8, 4) is 0 Å². The van der Waals surface area contributed by atoms with Crippen molar-refractivity contribution in [1.29, 1.82) is 0 Å². The van der Waals surface area contributed by atoms with Crippen LogP contribution in [-0.4, -0.2) is 57.0 Å². The summed E-state index contributed by atoms with van der Waals surface area (Å²) in [6.45, 7) is 3.00. The van der Waals surface area contributed by atoms with E-state index in [1.165, 1.54) is 6.07 Å². The fourth-order valence-electron chi connectivity index (χ4n) is 3.32. The van der Waals surface area contributed by atoms with E-state index in [-0.39, 0.29) is 29.9 Å². The Kier molecular flexibility index (Phi) is 8.82. The van der Waals surface area contributed by atoms with Gasteiger partial charge in [0.25, 0.3) is 5.91 Å². The molecule has 0 atom stereocenters. The van der Waals surface area contributed by atoms with Crippen molar-refractivity contribution in [3.05, 3.63) is 65.2 Å². The van der Waals surface area contributed by atoms with Gasteiger partial charge in [-0.2, -0.15) is 0 Å². The van der Waals surface area contributed by atoms with Crippen LogP contribution in [0.2, 0.25) is 0 Å². The predicted octanol–water partition coefficient (Wildman–Crippen LogP) is 2.84. The Morgan fingerprint density at radius 3 is 2.33 bits per heavy atom. The molecule has 1 aliphatic heterocycles. The summed E-state index contributed by atoms with van der Waals surface area (Å²) in [7, 11) is 3.32. The van der Waals surface area contributed by atoms with E-state index in [0.717, 1.165) is 23.7 Å². The molecule has 30 heavy (non-hydrogen) atoms. The molecule has 162 valence electrons. The largest absolute Gasteiger partial charge is 0.366 e. The number of guanidine groups is 1. The highest BCUT2D eigenvalue weighted by Gasteiger charge is 2.22. The SMILES string of the molecule is CN=C(NCc1ccc(C(=O)NC)cc1)N1CCN(c2cc(F)ccc2F)CC1.I. The minimum absolute atomic E-state index is 0. The van der Waals surface area contributed by atoms with Crippen molar-refractivity contribution in [2.75, 3.05) is 45.2 Å². The lowest BCUT2D eigenvalue weighted by molar-refractivity contribution is 0.0963. The number of hydrogen-bond acceptors (Lipinski definition) is 3. The molecular weight excluding hydrogens is 503 g/mol. The van der Waals surface area contributed by atoms with Crippen LogP contribution in [0.5, 0.6) is 0 Å². The lowest BCUT2D eigenvalue weighted by Crippen LogP contribution is -2.52. The molecule has 0 radical (unpaired) electrons. The van der Waals surface area contributed by atoms with Gasteiger partial charge in [-0.15, -0.1) is 24.0 Å². The van der Waals surface area contributed by atoms with E-state index in [1.807, 2.05) is 17.0 Å². The topological polar surface area (TPSA) is 60.0 Å². The molecule has 1 amide bonds. The number of halogens is 3. The Morgan fingerprint density at radius 1 is 1.07 bits per heavy atom. The minimum Gasteiger partial charge on any atom is -0.366 e. The van der Waals surface area contributed by atoms with Crippen LogP contribution in [0.15, 0.2) is 47.5 Å². The second kappa shape index (κ2) is 11.1. The van der Waals surface area contributed by atoms with Crippen molar-refractivity contribution < 1.29 is 13.6 Å². The number of nitrogens with zero attached hydrogens (tertiary/aromatic N) is 3. The number of aliphatic imine (C=N–C) groups is 1. The van der Waals surface area contributed by atoms with E-state index in [9.17, 15) is 13.6 Å². The predicted molar refractivity (Wildman–Crippen MR) is 126 cm³/mol. The summed E-state index contributed by atoms with van der Waals surface area (Å²) in [5, 5.41) is 5.91. The average Bonchev–Trinajstić information content (AvgIpc) is 2.76. The van der Waals surface area contributed by atoms with Crippen LogP contribution in [-0.2, 0) is 6.54 Å². The first-order valence-electron chi connectivity index (χ1n) is 9.48. The molecule has 1 saturated heterocycles. The smallest absolute Gasteiger partial charge is 0.251 e. The number of rotatable bonds is 4. The molecule has 0 bridgehead atoms. The number of piperazine rings is 1. The maximum absolute atomic E-state index is 14.0. The first-order valence-corrected chi connectivity index (χ1v) is 9.48. The number of carbonyl (C=O) groups is 1. The van der Waals surface area contributed by atoms with Crippen LogP contribution in [0.1, 0.15) is 15.9 Å². The highest BCUT2D eigenvalue weighted by Crippen LogP contribution is 2.22. The van der Waals surface area contributed by atoms with Gasteiger partial charge < -0.3 is 20.4 Å². The van der Waals surface area contributed by atoms with Crippen molar-refractivity contribution in [2.24, 2.45) is 4.99 Å². The number of hydrogen-bond donors (Lipinski definition) is 2. The Bertz CT molecular complexity index is 883. The highest BCUT2D eigenvalue weighted by atomic mass is 127. The van der Waals surface area contributed by atoms with Crippen LogP contribution in [0.25, 0.3) is 0 Å². The zero-order valence-corrected chi connectivity index (χ0v) is 19.3. The fraction of sp³-hybridized carbons (Fsp3) is 0.333. The van der Waals surface area contributed by atoms with E-state index >= 15 is 0 Å². The Labute approximate surface area is 192 Å². The molecule has 0 aromatic heterocycles. The number of amides is 1. The van der Waals surface area contributed by atoms with Gasteiger partial charge in [0.15, 0.2) is 5.96 Å². The molecule has 0 aliphatic carbocycles. The second-order valence-corrected chi connectivity index (χ2v) is 6.75. The van der Waals surface area contributed by atoms with Gasteiger partial charge >= 0.3 is 0 Å². The molecule has 1 fully saturated rings. The normalized spacial score (nSPS) is 14.2. The standard InChI is InChI=1S/C21H25F2N5O.HI/c1-24-20(29)16-5-3-15(4-6-16)14-26-21(25-2)28-11-9-27(10-12-28)19-13-17(22)7-8-18(19)23;/h3-8,13H,9-12,14H2,1-2H3,(H,24,29)(H,25,26);1H. The highest BCUT2D eigenvalue weighted by molar-refractivity contribution is 14.0. The van der Waals surface area contributed by atoms with Crippen LogP contribution in [0.3, 0.4) is 0 Å². The van der Waals surface area contributed by atoms with Crippen LogP contribution in [0, 0.1) is 11.6 Å². The third kappa shape index (κ3) is 5.80. The lowest BCUT2D eigenvalue weighted by Gasteiger charge is -2.37. The number of benzene rings is 2. The zero-order chi connectivity index (χ0) is 20.8.